The van der Waals surface area contributed by atoms with Crippen LogP contribution in [0.5, 0.6) is 0 Å². The third-order valence-corrected chi connectivity index (χ3v) is 3.03. The largest absolute Gasteiger partial charge is 0.375 e. The summed E-state index contributed by atoms with van der Waals surface area (Å²) in [6.45, 7) is 0.855. The van der Waals surface area contributed by atoms with E-state index in [0.717, 1.165) is 12.2 Å². The van der Waals surface area contributed by atoms with E-state index in [4.69, 9.17) is 4.74 Å². The quantitative estimate of drug-likeness (QED) is 0.583. The monoisotopic (exact) mass is 239 g/mol. The van der Waals surface area contributed by atoms with Gasteiger partial charge in [-0.2, -0.15) is 0 Å². The number of hydrogen-bond acceptors (Lipinski definition) is 3. The summed E-state index contributed by atoms with van der Waals surface area (Å²) in [5.74, 6) is 0.962. The van der Waals surface area contributed by atoms with Crippen LogP contribution in [0.4, 0.5) is 0 Å². The molecule has 0 bridgehead atoms. The number of carbonyl (C=O) groups is 1. The van der Waals surface area contributed by atoms with Crippen LogP contribution >= 0.6 is 11.8 Å². The maximum absolute atomic E-state index is 11.0. The molecule has 0 aliphatic heterocycles. The molecule has 0 atom stereocenters. The number of ether oxygens (including phenoxy) is 1. The van der Waals surface area contributed by atoms with Crippen LogP contribution in [0.2, 0.25) is 0 Å². The highest BCUT2D eigenvalue weighted by molar-refractivity contribution is 7.99. The topological polar surface area (TPSA) is 38.3 Å². The molecular formula is C12H17NO2S. The van der Waals surface area contributed by atoms with E-state index in [1.807, 2.05) is 18.2 Å². The highest BCUT2D eigenvalue weighted by atomic mass is 32.2. The Kier molecular flexibility index (Phi) is 6.69. The summed E-state index contributed by atoms with van der Waals surface area (Å²) in [4.78, 5) is 12.3. The van der Waals surface area contributed by atoms with Crippen LogP contribution in [0.3, 0.4) is 0 Å². The van der Waals surface area contributed by atoms with Crippen LogP contribution in [-0.2, 0) is 9.53 Å². The molecule has 0 heterocycles. The molecule has 0 spiro atoms. The summed E-state index contributed by atoms with van der Waals surface area (Å²) in [5.41, 5.74) is 0. The first kappa shape index (κ1) is 13.1. The van der Waals surface area contributed by atoms with Crippen molar-refractivity contribution in [2.75, 3.05) is 26.0 Å². The van der Waals surface area contributed by atoms with Crippen molar-refractivity contribution < 1.29 is 9.53 Å². The summed E-state index contributed by atoms with van der Waals surface area (Å²) in [7, 11) is 1.52. The predicted molar refractivity (Wildman–Crippen MR) is 66.7 cm³/mol. The number of nitrogens with one attached hydrogen (secondary N) is 1. The van der Waals surface area contributed by atoms with Gasteiger partial charge in [0.1, 0.15) is 6.61 Å². The van der Waals surface area contributed by atoms with Crippen molar-refractivity contribution in [1.82, 2.24) is 5.32 Å². The van der Waals surface area contributed by atoms with E-state index in [2.05, 4.69) is 17.4 Å². The Morgan fingerprint density at radius 3 is 2.81 bits per heavy atom. The number of benzene rings is 1. The Balaban J connectivity index is 2.02. The molecule has 1 aromatic rings. The van der Waals surface area contributed by atoms with Gasteiger partial charge in [-0.15, -0.1) is 11.8 Å². The summed E-state index contributed by atoms with van der Waals surface area (Å²) >= 11 is 1.80. The molecular weight excluding hydrogens is 222 g/mol. The maximum Gasteiger partial charge on any atom is 0.245 e. The Labute approximate surface area is 101 Å². The third kappa shape index (κ3) is 5.78. The van der Waals surface area contributed by atoms with Gasteiger partial charge in [-0.3, -0.25) is 4.79 Å². The molecule has 0 saturated heterocycles. The van der Waals surface area contributed by atoms with Crippen molar-refractivity contribution in [3.05, 3.63) is 30.3 Å². The zero-order valence-electron chi connectivity index (χ0n) is 9.44. The van der Waals surface area contributed by atoms with Gasteiger partial charge in [0.15, 0.2) is 0 Å². The maximum atomic E-state index is 11.0. The van der Waals surface area contributed by atoms with Crippen molar-refractivity contribution in [2.24, 2.45) is 0 Å². The average molecular weight is 239 g/mol. The summed E-state index contributed by atoms with van der Waals surface area (Å²) in [6, 6.07) is 10.3. The van der Waals surface area contributed by atoms with Crippen LogP contribution in [0.15, 0.2) is 35.2 Å². The molecule has 0 radical (unpaired) electrons. The molecule has 0 fully saturated rings. The number of methoxy groups -OCH3 is 1. The predicted octanol–water partition coefficient (Wildman–Crippen LogP) is 1.93. The summed E-state index contributed by atoms with van der Waals surface area (Å²) in [6.07, 6.45) is 0.967. The first-order valence-corrected chi connectivity index (χ1v) is 6.25. The molecule has 0 saturated carbocycles. The van der Waals surface area contributed by atoms with Crippen LogP contribution in [0, 0.1) is 0 Å². The van der Waals surface area contributed by atoms with E-state index < -0.39 is 0 Å². The fourth-order valence-electron chi connectivity index (χ4n) is 1.19. The minimum Gasteiger partial charge on any atom is -0.375 e. The minimum absolute atomic E-state index is 0.0489. The molecule has 88 valence electrons. The molecule has 1 rings (SSSR count). The molecule has 0 aliphatic carbocycles. The normalized spacial score (nSPS) is 10.1. The van der Waals surface area contributed by atoms with Gasteiger partial charge in [0.2, 0.25) is 5.91 Å². The van der Waals surface area contributed by atoms with Crippen molar-refractivity contribution in [2.45, 2.75) is 11.3 Å². The lowest BCUT2D eigenvalue weighted by Crippen LogP contribution is -2.28. The molecule has 0 aliphatic rings. The number of amides is 1. The Morgan fingerprint density at radius 1 is 1.38 bits per heavy atom. The second-order valence-corrected chi connectivity index (χ2v) is 4.47. The zero-order valence-corrected chi connectivity index (χ0v) is 10.3. The van der Waals surface area contributed by atoms with E-state index in [0.29, 0.717) is 6.54 Å². The zero-order chi connectivity index (χ0) is 11.6. The first-order chi connectivity index (χ1) is 7.83. The van der Waals surface area contributed by atoms with Gasteiger partial charge in [0.05, 0.1) is 0 Å². The van der Waals surface area contributed by atoms with Crippen LogP contribution in [-0.4, -0.2) is 31.9 Å². The molecule has 3 nitrogen and oxygen atoms in total. The SMILES string of the molecule is COCC(=O)NCCCSc1ccccc1. The molecule has 0 unspecified atom stereocenters. The van der Waals surface area contributed by atoms with Gasteiger partial charge >= 0.3 is 0 Å². The lowest BCUT2D eigenvalue weighted by atomic mass is 10.4. The van der Waals surface area contributed by atoms with Crippen molar-refractivity contribution >= 4 is 17.7 Å². The first-order valence-electron chi connectivity index (χ1n) is 5.26. The lowest BCUT2D eigenvalue weighted by molar-refractivity contribution is -0.124. The molecule has 4 heteroatoms. The molecule has 1 aromatic carbocycles. The smallest absolute Gasteiger partial charge is 0.245 e. The van der Waals surface area contributed by atoms with Crippen molar-refractivity contribution in [3.63, 3.8) is 0 Å². The standard InChI is InChI=1S/C12H17NO2S/c1-15-10-12(14)13-8-5-9-16-11-6-3-2-4-7-11/h2-4,6-7H,5,8-10H2,1H3,(H,13,14). The second kappa shape index (κ2) is 8.19. The average Bonchev–Trinajstić information content (AvgIpc) is 2.30. The Morgan fingerprint density at radius 2 is 2.12 bits per heavy atom. The molecule has 16 heavy (non-hydrogen) atoms. The second-order valence-electron chi connectivity index (χ2n) is 3.30. The van der Waals surface area contributed by atoms with Gasteiger partial charge < -0.3 is 10.1 Å². The van der Waals surface area contributed by atoms with Gasteiger partial charge in [-0.05, 0) is 24.3 Å². The van der Waals surface area contributed by atoms with Gasteiger partial charge in [0, 0.05) is 18.6 Å². The third-order valence-electron chi connectivity index (χ3n) is 1.93. The van der Waals surface area contributed by atoms with Crippen LogP contribution in [0.25, 0.3) is 0 Å². The minimum atomic E-state index is -0.0489. The summed E-state index contributed by atoms with van der Waals surface area (Å²) < 4.78 is 4.71. The highest BCUT2D eigenvalue weighted by Gasteiger charge is 1.98. The number of thioether (sulfide) groups is 1. The molecule has 0 aromatic heterocycles. The number of carbonyl (C=O) groups excluding carboxylic acids is 1. The van der Waals surface area contributed by atoms with E-state index in [1.54, 1.807) is 11.8 Å². The highest BCUT2D eigenvalue weighted by Crippen LogP contribution is 2.17. The van der Waals surface area contributed by atoms with E-state index in [9.17, 15) is 4.79 Å². The Hall–Kier alpha value is -1.00. The van der Waals surface area contributed by atoms with Gasteiger partial charge in [0.25, 0.3) is 0 Å². The van der Waals surface area contributed by atoms with E-state index >= 15 is 0 Å². The van der Waals surface area contributed by atoms with Crippen molar-refractivity contribution in [1.29, 1.82) is 0 Å². The fraction of sp³-hybridized carbons (Fsp3) is 0.417. The molecule has 1 N–H and O–H groups in total. The summed E-state index contributed by atoms with van der Waals surface area (Å²) in [5, 5.41) is 2.79. The van der Waals surface area contributed by atoms with Crippen LogP contribution < -0.4 is 5.32 Å². The van der Waals surface area contributed by atoms with Gasteiger partial charge in [-0.1, -0.05) is 18.2 Å². The fourth-order valence-corrected chi connectivity index (χ4v) is 2.06. The molecule has 1 amide bonds. The number of rotatable bonds is 7. The number of hydrogen-bond donors (Lipinski definition) is 1. The van der Waals surface area contributed by atoms with Gasteiger partial charge in [-0.25, -0.2) is 0 Å². The van der Waals surface area contributed by atoms with E-state index in [1.165, 1.54) is 12.0 Å². The Bertz CT molecular complexity index is 303. The van der Waals surface area contributed by atoms with E-state index in [-0.39, 0.29) is 12.5 Å². The lowest BCUT2D eigenvalue weighted by Gasteiger charge is -2.04. The van der Waals surface area contributed by atoms with Crippen molar-refractivity contribution in [3.8, 4) is 0 Å². The van der Waals surface area contributed by atoms with Crippen LogP contribution in [0.1, 0.15) is 6.42 Å².